The minimum Gasteiger partial charge on any atom is -0.351 e. The second-order valence-corrected chi connectivity index (χ2v) is 5.26. The van der Waals surface area contributed by atoms with Crippen molar-refractivity contribution >= 4 is 11.8 Å². The Morgan fingerprint density at radius 1 is 1.30 bits per heavy atom. The Bertz CT molecular complexity index is 476. The van der Waals surface area contributed by atoms with Crippen molar-refractivity contribution in [2.45, 2.75) is 25.4 Å². The summed E-state index contributed by atoms with van der Waals surface area (Å²) in [6.45, 7) is 1.41. The van der Waals surface area contributed by atoms with Gasteiger partial charge < -0.3 is 15.5 Å². The summed E-state index contributed by atoms with van der Waals surface area (Å²) < 4.78 is 0. The van der Waals surface area contributed by atoms with E-state index < -0.39 is 0 Å². The quantitative estimate of drug-likeness (QED) is 0.852. The molecule has 1 aromatic rings. The van der Waals surface area contributed by atoms with Crippen LogP contribution in [0.1, 0.15) is 28.8 Å². The summed E-state index contributed by atoms with van der Waals surface area (Å²) in [5.41, 5.74) is 1.65. The third kappa shape index (κ3) is 3.57. The van der Waals surface area contributed by atoms with E-state index in [1.54, 1.807) is 31.1 Å². The topological polar surface area (TPSA) is 61.4 Å². The van der Waals surface area contributed by atoms with Gasteiger partial charge in [0, 0.05) is 26.2 Å². The minimum absolute atomic E-state index is 0.0178. The van der Waals surface area contributed by atoms with Crippen LogP contribution in [0.2, 0.25) is 0 Å². The highest BCUT2D eigenvalue weighted by atomic mass is 16.2. The molecule has 2 N–H and O–H groups in total. The zero-order valence-corrected chi connectivity index (χ0v) is 12.0. The SMILES string of the molecule is CN(C)C(=O)c1ccc(CNC(=O)C2CCCN2)cc1. The number of nitrogens with one attached hydrogen (secondary N) is 2. The van der Waals surface area contributed by atoms with E-state index in [1.165, 1.54) is 0 Å². The van der Waals surface area contributed by atoms with Gasteiger partial charge in [-0.05, 0) is 37.1 Å². The number of rotatable bonds is 4. The molecule has 0 spiro atoms. The highest BCUT2D eigenvalue weighted by molar-refractivity contribution is 5.93. The minimum atomic E-state index is -0.0513. The van der Waals surface area contributed by atoms with Crippen molar-refractivity contribution < 1.29 is 9.59 Å². The second kappa shape index (κ2) is 6.52. The van der Waals surface area contributed by atoms with Gasteiger partial charge in [0.05, 0.1) is 6.04 Å². The monoisotopic (exact) mass is 275 g/mol. The molecular weight excluding hydrogens is 254 g/mol. The Morgan fingerprint density at radius 3 is 2.55 bits per heavy atom. The van der Waals surface area contributed by atoms with Gasteiger partial charge in [-0.3, -0.25) is 9.59 Å². The first kappa shape index (κ1) is 14.5. The summed E-state index contributed by atoms with van der Waals surface area (Å²) in [6.07, 6.45) is 1.96. The van der Waals surface area contributed by atoms with E-state index in [0.29, 0.717) is 12.1 Å². The third-order valence-electron chi connectivity index (χ3n) is 3.45. The molecular formula is C15H21N3O2. The predicted octanol–water partition coefficient (Wildman–Crippen LogP) is 0.757. The van der Waals surface area contributed by atoms with E-state index in [4.69, 9.17) is 0 Å². The van der Waals surface area contributed by atoms with E-state index in [1.807, 2.05) is 12.1 Å². The van der Waals surface area contributed by atoms with Gasteiger partial charge in [-0.15, -0.1) is 0 Å². The Morgan fingerprint density at radius 2 is 2.00 bits per heavy atom. The van der Waals surface area contributed by atoms with Gasteiger partial charge in [0.1, 0.15) is 0 Å². The first-order chi connectivity index (χ1) is 9.58. The standard InChI is InChI=1S/C15H21N3O2/c1-18(2)15(20)12-7-5-11(6-8-12)10-17-14(19)13-4-3-9-16-13/h5-8,13,16H,3-4,9-10H2,1-2H3,(H,17,19). The molecule has 0 radical (unpaired) electrons. The number of amides is 2. The molecule has 1 unspecified atom stereocenters. The molecule has 1 heterocycles. The van der Waals surface area contributed by atoms with Crippen molar-refractivity contribution in [3.63, 3.8) is 0 Å². The lowest BCUT2D eigenvalue weighted by atomic mass is 10.1. The zero-order chi connectivity index (χ0) is 14.5. The highest BCUT2D eigenvalue weighted by Crippen LogP contribution is 2.08. The molecule has 2 rings (SSSR count). The van der Waals surface area contributed by atoms with Crippen LogP contribution in [0.4, 0.5) is 0 Å². The predicted molar refractivity (Wildman–Crippen MR) is 77.3 cm³/mol. The number of benzene rings is 1. The number of nitrogens with zero attached hydrogens (tertiary/aromatic N) is 1. The number of hydrogen-bond donors (Lipinski definition) is 2. The molecule has 0 bridgehead atoms. The van der Waals surface area contributed by atoms with Crippen molar-refractivity contribution in [3.05, 3.63) is 35.4 Å². The fourth-order valence-corrected chi connectivity index (χ4v) is 2.24. The van der Waals surface area contributed by atoms with Crippen LogP contribution < -0.4 is 10.6 Å². The maximum atomic E-state index is 11.8. The lowest BCUT2D eigenvalue weighted by molar-refractivity contribution is -0.122. The molecule has 5 nitrogen and oxygen atoms in total. The lowest BCUT2D eigenvalue weighted by Gasteiger charge is -2.12. The summed E-state index contributed by atoms with van der Waals surface area (Å²) in [5.74, 6) is 0.0340. The molecule has 1 atom stereocenters. The second-order valence-electron chi connectivity index (χ2n) is 5.26. The molecule has 20 heavy (non-hydrogen) atoms. The summed E-state index contributed by atoms with van der Waals surface area (Å²) in [5, 5.41) is 6.08. The van der Waals surface area contributed by atoms with Crippen LogP contribution in [0.3, 0.4) is 0 Å². The van der Waals surface area contributed by atoms with E-state index in [0.717, 1.165) is 24.9 Å². The van der Waals surface area contributed by atoms with Crippen molar-refractivity contribution in [1.29, 1.82) is 0 Å². The molecule has 1 aliphatic heterocycles. The number of carbonyl (C=O) groups is 2. The average molecular weight is 275 g/mol. The summed E-state index contributed by atoms with van der Waals surface area (Å²) in [4.78, 5) is 25.1. The van der Waals surface area contributed by atoms with Crippen LogP contribution in [0.15, 0.2) is 24.3 Å². The van der Waals surface area contributed by atoms with Gasteiger partial charge in [-0.25, -0.2) is 0 Å². The van der Waals surface area contributed by atoms with Crippen LogP contribution >= 0.6 is 0 Å². The molecule has 0 saturated carbocycles. The zero-order valence-electron chi connectivity index (χ0n) is 12.0. The van der Waals surface area contributed by atoms with Crippen molar-refractivity contribution in [1.82, 2.24) is 15.5 Å². The molecule has 1 saturated heterocycles. The Kier molecular flexibility index (Phi) is 4.74. The van der Waals surface area contributed by atoms with Gasteiger partial charge in [0.25, 0.3) is 5.91 Å². The molecule has 1 fully saturated rings. The first-order valence-electron chi connectivity index (χ1n) is 6.89. The van der Waals surface area contributed by atoms with Gasteiger partial charge in [-0.2, -0.15) is 0 Å². The summed E-state index contributed by atoms with van der Waals surface area (Å²) in [6, 6.07) is 7.28. The van der Waals surface area contributed by atoms with Crippen molar-refractivity contribution in [2.24, 2.45) is 0 Å². The van der Waals surface area contributed by atoms with Crippen LogP contribution in [0, 0.1) is 0 Å². The number of hydrogen-bond acceptors (Lipinski definition) is 3. The molecule has 0 aromatic heterocycles. The van der Waals surface area contributed by atoms with Gasteiger partial charge >= 0.3 is 0 Å². The van der Waals surface area contributed by atoms with Gasteiger partial charge in [-0.1, -0.05) is 12.1 Å². The van der Waals surface area contributed by atoms with Gasteiger partial charge in [0.15, 0.2) is 0 Å². The fourth-order valence-electron chi connectivity index (χ4n) is 2.24. The molecule has 1 aromatic carbocycles. The highest BCUT2D eigenvalue weighted by Gasteiger charge is 2.21. The van der Waals surface area contributed by atoms with Crippen LogP contribution in [0.25, 0.3) is 0 Å². The summed E-state index contributed by atoms with van der Waals surface area (Å²) in [7, 11) is 3.45. The van der Waals surface area contributed by atoms with Crippen LogP contribution in [-0.4, -0.2) is 43.4 Å². The Labute approximate surface area is 119 Å². The molecule has 1 aliphatic rings. The normalized spacial score (nSPS) is 17.8. The molecule has 5 heteroatoms. The van der Waals surface area contributed by atoms with E-state index >= 15 is 0 Å². The Balaban J connectivity index is 1.87. The fraction of sp³-hybridized carbons (Fsp3) is 0.467. The lowest BCUT2D eigenvalue weighted by Crippen LogP contribution is -2.39. The first-order valence-corrected chi connectivity index (χ1v) is 6.89. The molecule has 2 amide bonds. The van der Waals surface area contributed by atoms with Crippen molar-refractivity contribution in [2.75, 3.05) is 20.6 Å². The summed E-state index contributed by atoms with van der Waals surface area (Å²) >= 11 is 0. The van der Waals surface area contributed by atoms with Crippen molar-refractivity contribution in [3.8, 4) is 0 Å². The van der Waals surface area contributed by atoms with Crippen LogP contribution in [0.5, 0.6) is 0 Å². The smallest absolute Gasteiger partial charge is 0.253 e. The molecule has 108 valence electrons. The maximum Gasteiger partial charge on any atom is 0.253 e. The van der Waals surface area contributed by atoms with E-state index in [-0.39, 0.29) is 17.9 Å². The largest absolute Gasteiger partial charge is 0.351 e. The van der Waals surface area contributed by atoms with Crippen LogP contribution in [-0.2, 0) is 11.3 Å². The third-order valence-corrected chi connectivity index (χ3v) is 3.45. The molecule has 0 aliphatic carbocycles. The van der Waals surface area contributed by atoms with E-state index in [9.17, 15) is 9.59 Å². The van der Waals surface area contributed by atoms with Gasteiger partial charge in [0.2, 0.25) is 5.91 Å². The average Bonchev–Trinajstić information content (AvgIpc) is 2.98. The maximum absolute atomic E-state index is 11.8. The van der Waals surface area contributed by atoms with E-state index in [2.05, 4.69) is 10.6 Å². The number of carbonyl (C=O) groups excluding carboxylic acids is 2. The Hall–Kier alpha value is -1.88.